The van der Waals surface area contributed by atoms with E-state index in [1.807, 2.05) is 44.2 Å². The predicted octanol–water partition coefficient (Wildman–Crippen LogP) is 3.03. The van der Waals surface area contributed by atoms with E-state index in [4.69, 9.17) is 10.5 Å². The lowest BCUT2D eigenvalue weighted by Gasteiger charge is -2.15. The van der Waals surface area contributed by atoms with Crippen molar-refractivity contribution < 1.29 is 9.53 Å². The number of amides is 1. The van der Waals surface area contributed by atoms with E-state index in [1.165, 1.54) is 0 Å². The molecule has 146 valence electrons. The maximum absolute atomic E-state index is 13.1. The molecule has 6 nitrogen and oxygen atoms in total. The van der Waals surface area contributed by atoms with Gasteiger partial charge in [-0.25, -0.2) is 0 Å². The molecule has 3 aromatic rings. The summed E-state index contributed by atoms with van der Waals surface area (Å²) in [6.45, 7) is 4.83. The largest absolute Gasteiger partial charge is 0.497 e. The van der Waals surface area contributed by atoms with E-state index >= 15 is 0 Å². The number of fused-ring (bicyclic) bond motifs is 1. The van der Waals surface area contributed by atoms with Gasteiger partial charge in [0.25, 0.3) is 11.5 Å². The molecule has 0 aliphatic rings. The van der Waals surface area contributed by atoms with Crippen LogP contribution in [0.4, 0.5) is 5.69 Å². The Morgan fingerprint density at radius 3 is 2.54 bits per heavy atom. The Balaban J connectivity index is 2.10. The van der Waals surface area contributed by atoms with E-state index in [1.54, 1.807) is 29.9 Å². The van der Waals surface area contributed by atoms with Gasteiger partial charge >= 0.3 is 0 Å². The van der Waals surface area contributed by atoms with Gasteiger partial charge in [-0.2, -0.15) is 0 Å². The first-order valence-corrected chi connectivity index (χ1v) is 9.24. The summed E-state index contributed by atoms with van der Waals surface area (Å²) in [7, 11) is 1.61. The highest BCUT2D eigenvalue weighted by Crippen LogP contribution is 2.22. The SMILES string of the molecule is COc1ccc(Cn2c(=O)c(C(=O)NCC(C)C)cc3c(N)cccc32)cc1. The Labute approximate surface area is 163 Å². The van der Waals surface area contributed by atoms with Gasteiger partial charge in [0.05, 0.1) is 19.2 Å². The van der Waals surface area contributed by atoms with Crippen LogP contribution < -0.4 is 21.3 Å². The molecule has 0 saturated heterocycles. The molecule has 3 N–H and O–H groups in total. The molecule has 1 heterocycles. The lowest BCUT2D eigenvalue weighted by molar-refractivity contribution is 0.0947. The van der Waals surface area contributed by atoms with Crippen LogP contribution in [0, 0.1) is 5.92 Å². The monoisotopic (exact) mass is 379 g/mol. The number of nitrogens with zero attached hydrogens (tertiary/aromatic N) is 1. The number of nitrogens with one attached hydrogen (secondary N) is 1. The molecule has 1 amide bonds. The fourth-order valence-corrected chi connectivity index (χ4v) is 3.05. The summed E-state index contributed by atoms with van der Waals surface area (Å²) in [5, 5.41) is 3.51. The second kappa shape index (κ2) is 8.17. The topological polar surface area (TPSA) is 86.3 Å². The van der Waals surface area contributed by atoms with E-state index in [0.29, 0.717) is 29.7 Å². The first-order chi connectivity index (χ1) is 13.4. The molecular formula is C22H25N3O3. The molecule has 6 heteroatoms. The number of carbonyl (C=O) groups excluding carboxylic acids is 1. The molecule has 0 fully saturated rings. The fourth-order valence-electron chi connectivity index (χ4n) is 3.05. The van der Waals surface area contributed by atoms with Crippen molar-refractivity contribution in [3.8, 4) is 5.75 Å². The molecule has 2 aromatic carbocycles. The minimum Gasteiger partial charge on any atom is -0.497 e. The molecule has 0 aliphatic carbocycles. The van der Waals surface area contributed by atoms with Crippen molar-refractivity contribution in [2.75, 3.05) is 19.4 Å². The molecule has 28 heavy (non-hydrogen) atoms. The van der Waals surface area contributed by atoms with Crippen molar-refractivity contribution in [2.24, 2.45) is 5.92 Å². The summed E-state index contributed by atoms with van der Waals surface area (Å²) in [5.74, 6) is 0.648. The van der Waals surface area contributed by atoms with Gasteiger partial charge in [0, 0.05) is 17.6 Å². The Kier molecular flexibility index (Phi) is 5.68. The average Bonchev–Trinajstić information content (AvgIpc) is 2.69. The quantitative estimate of drug-likeness (QED) is 0.645. The molecule has 1 aromatic heterocycles. The van der Waals surface area contributed by atoms with Crippen LogP contribution in [0.2, 0.25) is 0 Å². The van der Waals surface area contributed by atoms with Crippen LogP contribution in [0.15, 0.2) is 53.3 Å². The Morgan fingerprint density at radius 1 is 1.18 bits per heavy atom. The Morgan fingerprint density at radius 2 is 1.89 bits per heavy atom. The summed E-state index contributed by atoms with van der Waals surface area (Å²) in [6, 6.07) is 14.5. The highest BCUT2D eigenvalue weighted by atomic mass is 16.5. The second-order valence-electron chi connectivity index (χ2n) is 7.18. The summed E-state index contributed by atoms with van der Waals surface area (Å²) in [5.41, 5.74) is 8.04. The molecule has 0 saturated carbocycles. The third-order valence-corrected chi connectivity index (χ3v) is 4.59. The van der Waals surface area contributed by atoms with Crippen LogP contribution in [0.5, 0.6) is 5.75 Å². The normalized spacial score (nSPS) is 11.0. The lowest BCUT2D eigenvalue weighted by Crippen LogP contribution is -2.35. The average molecular weight is 379 g/mol. The number of ether oxygens (including phenoxy) is 1. The molecule has 0 unspecified atom stereocenters. The number of benzene rings is 2. The van der Waals surface area contributed by atoms with Crippen molar-refractivity contribution in [1.82, 2.24) is 9.88 Å². The van der Waals surface area contributed by atoms with Crippen molar-refractivity contribution >= 4 is 22.5 Å². The molecule has 0 aliphatic heterocycles. The number of carbonyl (C=O) groups is 1. The fraction of sp³-hybridized carbons (Fsp3) is 0.273. The maximum Gasteiger partial charge on any atom is 0.264 e. The van der Waals surface area contributed by atoms with Crippen molar-refractivity contribution in [3.63, 3.8) is 0 Å². The van der Waals surface area contributed by atoms with E-state index in [2.05, 4.69) is 5.32 Å². The highest BCUT2D eigenvalue weighted by molar-refractivity contribution is 6.00. The van der Waals surface area contributed by atoms with Crippen LogP contribution in [0.25, 0.3) is 10.9 Å². The summed E-state index contributed by atoms with van der Waals surface area (Å²) < 4.78 is 6.78. The van der Waals surface area contributed by atoms with E-state index < -0.39 is 0 Å². The maximum atomic E-state index is 13.1. The minimum absolute atomic E-state index is 0.0968. The number of hydrogen-bond donors (Lipinski definition) is 2. The lowest BCUT2D eigenvalue weighted by atomic mass is 10.1. The second-order valence-corrected chi connectivity index (χ2v) is 7.18. The number of nitrogens with two attached hydrogens (primary N) is 1. The van der Waals surface area contributed by atoms with E-state index in [-0.39, 0.29) is 22.9 Å². The standard InChI is InChI=1S/C22H25N3O3/c1-14(2)12-24-21(26)18-11-17-19(23)5-4-6-20(17)25(22(18)27)13-15-7-9-16(28-3)10-8-15/h4-11,14H,12-13,23H2,1-3H3,(H,24,26). The van der Waals surface area contributed by atoms with E-state index in [9.17, 15) is 9.59 Å². The molecule has 0 atom stereocenters. The third kappa shape index (κ3) is 4.01. The van der Waals surface area contributed by atoms with Crippen LogP contribution >= 0.6 is 0 Å². The van der Waals surface area contributed by atoms with Gasteiger partial charge in [0.15, 0.2) is 0 Å². The molecule has 3 rings (SSSR count). The minimum atomic E-state index is -0.382. The smallest absolute Gasteiger partial charge is 0.264 e. The number of anilines is 1. The zero-order valence-corrected chi connectivity index (χ0v) is 16.4. The number of nitrogen functional groups attached to an aromatic ring is 1. The molecule has 0 radical (unpaired) electrons. The van der Waals surface area contributed by atoms with Gasteiger partial charge in [-0.05, 0) is 41.8 Å². The van der Waals surface area contributed by atoms with Crippen LogP contribution in [-0.4, -0.2) is 24.1 Å². The van der Waals surface area contributed by atoms with Crippen molar-refractivity contribution in [3.05, 3.63) is 70.0 Å². The van der Waals surface area contributed by atoms with Crippen LogP contribution in [0.3, 0.4) is 0 Å². The van der Waals surface area contributed by atoms with Gasteiger partial charge in [-0.1, -0.05) is 32.0 Å². The number of aromatic nitrogens is 1. The van der Waals surface area contributed by atoms with Crippen LogP contribution in [0.1, 0.15) is 29.8 Å². The van der Waals surface area contributed by atoms with Gasteiger partial charge in [0.2, 0.25) is 0 Å². The number of hydrogen-bond acceptors (Lipinski definition) is 4. The number of rotatable bonds is 6. The first kappa shape index (κ1) is 19.5. The first-order valence-electron chi connectivity index (χ1n) is 9.24. The zero-order valence-electron chi connectivity index (χ0n) is 16.4. The summed E-state index contributed by atoms with van der Waals surface area (Å²) in [4.78, 5) is 25.8. The van der Waals surface area contributed by atoms with Gasteiger partial charge in [0.1, 0.15) is 11.3 Å². The third-order valence-electron chi connectivity index (χ3n) is 4.59. The summed E-state index contributed by atoms with van der Waals surface area (Å²) in [6.07, 6.45) is 0. The zero-order chi connectivity index (χ0) is 20.3. The number of methoxy groups -OCH3 is 1. The molecule has 0 bridgehead atoms. The van der Waals surface area contributed by atoms with E-state index in [0.717, 1.165) is 11.3 Å². The van der Waals surface area contributed by atoms with Crippen LogP contribution in [-0.2, 0) is 6.54 Å². The molecule has 0 spiro atoms. The highest BCUT2D eigenvalue weighted by Gasteiger charge is 2.17. The summed E-state index contributed by atoms with van der Waals surface area (Å²) >= 11 is 0. The van der Waals surface area contributed by atoms with Crippen molar-refractivity contribution in [2.45, 2.75) is 20.4 Å². The number of pyridine rings is 1. The van der Waals surface area contributed by atoms with Gasteiger partial charge in [-0.3, -0.25) is 9.59 Å². The Bertz CT molecular complexity index is 1050. The molecular weight excluding hydrogens is 354 g/mol. The van der Waals surface area contributed by atoms with Crippen molar-refractivity contribution in [1.29, 1.82) is 0 Å². The predicted molar refractivity (Wildman–Crippen MR) is 112 cm³/mol. The van der Waals surface area contributed by atoms with Gasteiger partial charge < -0.3 is 20.4 Å². The van der Waals surface area contributed by atoms with Gasteiger partial charge in [-0.15, -0.1) is 0 Å². The Hall–Kier alpha value is -3.28.